The summed E-state index contributed by atoms with van der Waals surface area (Å²) >= 11 is 3.47. The van der Waals surface area contributed by atoms with E-state index in [1.165, 1.54) is 0 Å². The van der Waals surface area contributed by atoms with Crippen LogP contribution in [0.15, 0.2) is 16.7 Å². The Kier molecular flexibility index (Phi) is 5.32. The van der Waals surface area contributed by atoms with Crippen molar-refractivity contribution in [1.82, 2.24) is 10.3 Å². The molecule has 1 atom stereocenters. The highest BCUT2D eigenvalue weighted by molar-refractivity contribution is 9.10. The van der Waals surface area contributed by atoms with Gasteiger partial charge in [-0.25, -0.2) is 9.78 Å². The predicted octanol–water partition coefficient (Wildman–Crippen LogP) is 3.65. The minimum atomic E-state index is -0.469. The van der Waals surface area contributed by atoms with Crippen LogP contribution >= 0.6 is 15.9 Å². The van der Waals surface area contributed by atoms with Gasteiger partial charge in [-0.1, -0.05) is 0 Å². The Bertz CT molecular complexity index is 543. The molecule has 1 aliphatic rings. The van der Waals surface area contributed by atoms with Gasteiger partial charge in [-0.15, -0.1) is 0 Å². The van der Waals surface area contributed by atoms with Gasteiger partial charge in [0, 0.05) is 29.8 Å². The lowest BCUT2D eigenvalue weighted by molar-refractivity contribution is 0.0500. The smallest absolute Gasteiger partial charge is 0.407 e. The summed E-state index contributed by atoms with van der Waals surface area (Å²) in [5.41, 5.74) is 0.690. The fourth-order valence-electron chi connectivity index (χ4n) is 2.47. The van der Waals surface area contributed by atoms with Crippen LogP contribution in [0.25, 0.3) is 0 Å². The van der Waals surface area contributed by atoms with Gasteiger partial charge in [0.15, 0.2) is 0 Å². The second-order valence-electron chi connectivity index (χ2n) is 6.72. The maximum Gasteiger partial charge on any atom is 0.407 e. The van der Waals surface area contributed by atoms with Crippen molar-refractivity contribution in [2.24, 2.45) is 0 Å². The first-order valence-corrected chi connectivity index (χ1v) is 8.40. The van der Waals surface area contributed by atoms with Crippen LogP contribution in [0.4, 0.5) is 10.6 Å². The van der Waals surface area contributed by atoms with Gasteiger partial charge in [0.05, 0.1) is 0 Å². The molecular weight excluding hydrogens is 346 g/mol. The molecule has 1 fully saturated rings. The van der Waals surface area contributed by atoms with E-state index in [1.54, 1.807) is 0 Å². The normalized spacial score (nSPS) is 19.0. The third-order valence-corrected chi connectivity index (χ3v) is 4.33. The van der Waals surface area contributed by atoms with Crippen LogP contribution in [0.3, 0.4) is 0 Å². The first-order chi connectivity index (χ1) is 10.2. The molecule has 22 heavy (non-hydrogen) atoms. The van der Waals surface area contributed by atoms with Crippen LogP contribution in [0, 0.1) is 6.92 Å². The minimum absolute atomic E-state index is 0.0920. The summed E-state index contributed by atoms with van der Waals surface area (Å²) in [6.45, 7) is 9.38. The van der Waals surface area contributed by atoms with Crippen molar-refractivity contribution in [3.8, 4) is 0 Å². The molecular formula is C16H24BrN3O2. The van der Waals surface area contributed by atoms with E-state index in [0.29, 0.717) is 0 Å². The molecule has 6 heteroatoms. The Morgan fingerprint density at radius 3 is 2.86 bits per heavy atom. The molecule has 0 unspecified atom stereocenters. The molecule has 1 N–H and O–H groups in total. The van der Waals surface area contributed by atoms with Crippen LogP contribution in [-0.4, -0.2) is 35.8 Å². The summed E-state index contributed by atoms with van der Waals surface area (Å²) in [5.74, 6) is 0.955. The van der Waals surface area contributed by atoms with Gasteiger partial charge in [0.25, 0.3) is 0 Å². The highest BCUT2D eigenvalue weighted by Crippen LogP contribution is 2.23. The molecule has 5 nitrogen and oxygen atoms in total. The molecule has 1 aromatic rings. The Morgan fingerprint density at radius 1 is 1.50 bits per heavy atom. The molecule has 1 aromatic heterocycles. The van der Waals surface area contributed by atoms with Crippen molar-refractivity contribution in [1.29, 1.82) is 0 Å². The van der Waals surface area contributed by atoms with Crippen molar-refractivity contribution in [3.63, 3.8) is 0 Å². The van der Waals surface area contributed by atoms with Crippen molar-refractivity contribution < 1.29 is 9.53 Å². The summed E-state index contributed by atoms with van der Waals surface area (Å²) in [4.78, 5) is 18.6. The summed E-state index contributed by atoms with van der Waals surface area (Å²) in [6, 6.07) is 2.16. The molecule has 0 saturated carbocycles. The lowest BCUT2D eigenvalue weighted by atomic mass is 10.1. The Hall–Kier alpha value is -1.30. The van der Waals surface area contributed by atoms with Gasteiger partial charge in [0.1, 0.15) is 11.4 Å². The van der Waals surface area contributed by atoms with E-state index >= 15 is 0 Å². The SMILES string of the molecule is Cc1cc(N2CCC[C@H](NC(=O)OC(C)(C)C)C2)ncc1Br. The zero-order valence-corrected chi connectivity index (χ0v) is 15.2. The fourth-order valence-corrected chi connectivity index (χ4v) is 2.69. The number of pyridine rings is 1. The lowest BCUT2D eigenvalue weighted by Crippen LogP contribution is -2.49. The second kappa shape index (κ2) is 6.86. The van der Waals surface area contributed by atoms with Crippen LogP contribution in [0.1, 0.15) is 39.2 Å². The van der Waals surface area contributed by atoms with Crippen molar-refractivity contribution in [3.05, 3.63) is 22.3 Å². The average Bonchev–Trinajstić information content (AvgIpc) is 2.40. The molecule has 0 spiro atoms. The first kappa shape index (κ1) is 17.1. The van der Waals surface area contributed by atoms with E-state index < -0.39 is 5.60 Å². The number of carbonyl (C=O) groups excluding carboxylic acids is 1. The number of halogens is 1. The fraction of sp³-hybridized carbons (Fsp3) is 0.625. The third kappa shape index (κ3) is 4.87. The number of hydrogen-bond acceptors (Lipinski definition) is 4. The molecule has 1 saturated heterocycles. The molecule has 2 rings (SSSR count). The van der Waals surface area contributed by atoms with Crippen LogP contribution in [0.2, 0.25) is 0 Å². The summed E-state index contributed by atoms with van der Waals surface area (Å²) in [7, 11) is 0. The van der Waals surface area contributed by atoms with E-state index in [-0.39, 0.29) is 12.1 Å². The van der Waals surface area contributed by atoms with E-state index in [4.69, 9.17) is 4.74 Å². The van der Waals surface area contributed by atoms with E-state index in [2.05, 4.69) is 44.1 Å². The summed E-state index contributed by atoms with van der Waals surface area (Å²) in [6.07, 6.45) is 3.47. The highest BCUT2D eigenvalue weighted by Gasteiger charge is 2.24. The second-order valence-corrected chi connectivity index (χ2v) is 7.58. The standard InChI is InChI=1S/C16H24BrN3O2/c1-11-8-14(18-9-13(11)17)20-7-5-6-12(10-20)19-15(21)22-16(2,3)4/h8-9,12H,5-7,10H2,1-4H3,(H,19,21)/t12-/m0/s1. The van der Waals surface area contributed by atoms with Gasteiger partial charge in [-0.3, -0.25) is 0 Å². The minimum Gasteiger partial charge on any atom is -0.444 e. The number of aromatic nitrogens is 1. The van der Waals surface area contributed by atoms with Gasteiger partial charge >= 0.3 is 6.09 Å². The largest absolute Gasteiger partial charge is 0.444 e. The van der Waals surface area contributed by atoms with Gasteiger partial charge < -0.3 is 15.0 Å². The Labute approximate surface area is 140 Å². The van der Waals surface area contributed by atoms with Crippen molar-refractivity contribution in [2.45, 2.75) is 52.2 Å². The number of piperidine rings is 1. The van der Waals surface area contributed by atoms with Gasteiger partial charge in [-0.2, -0.15) is 0 Å². The zero-order chi connectivity index (χ0) is 16.3. The number of anilines is 1. The zero-order valence-electron chi connectivity index (χ0n) is 13.6. The summed E-state index contributed by atoms with van der Waals surface area (Å²) < 4.78 is 6.34. The predicted molar refractivity (Wildman–Crippen MR) is 91.3 cm³/mol. The lowest BCUT2D eigenvalue weighted by Gasteiger charge is -2.34. The van der Waals surface area contributed by atoms with Crippen LogP contribution in [-0.2, 0) is 4.74 Å². The molecule has 2 heterocycles. The molecule has 0 aliphatic carbocycles. The first-order valence-electron chi connectivity index (χ1n) is 7.61. The number of nitrogens with zero attached hydrogens (tertiary/aromatic N) is 2. The molecule has 0 aromatic carbocycles. The van der Waals surface area contributed by atoms with Crippen molar-refractivity contribution >= 4 is 27.8 Å². The maximum atomic E-state index is 11.9. The number of alkyl carbamates (subject to hydrolysis) is 1. The number of amides is 1. The Morgan fingerprint density at radius 2 is 2.23 bits per heavy atom. The molecule has 0 bridgehead atoms. The van der Waals surface area contributed by atoms with Gasteiger partial charge in [-0.05, 0) is 68.1 Å². The maximum absolute atomic E-state index is 11.9. The number of nitrogens with one attached hydrogen (secondary N) is 1. The monoisotopic (exact) mass is 369 g/mol. The van der Waals surface area contributed by atoms with Crippen LogP contribution in [0.5, 0.6) is 0 Å². The van der Waals surface area contributed by atoms with Gasteiger partial charge in [0.2, 0.25) is 0 Å². The Balaban J connectivity index is 1.96. The number of rotatable bonds is 2. The molecule has 1 amide bonds. The molecule has 0 radical (unpaired) electrons. The topological polar surface area (TPSA) is 54.5 Å². The number of carbonyl (C=O) groups is 1. The van der Waals surface area contributed by atoms with E-state index in [1.807, 2.05) is 27.0 Å². The van der Waals surface area contributed by atoms with E-state index in [0.717, 1.165) is 41.8 Å². The number of ether oxygens (including phenoxy) is 1. The molecule has 1 aliphatic heterocycles. The number of aryl methyl sites for hydroxylation is 1. The highest BCUT2D eigenvalue weighted by atomic mass is 79.9. The molecule has 122 valence electrons. The third-order valence-electron chi connectivity index (χ3n) is 3.50. The number of hydrogen-bond donors (Lipinski definition) is 1. The summed E-state index contributed by atoms with van der Waals surface area (Å²) in [5, 5.41) is 2.96. The van der Waals surface area contributed by atoms with Crippen molar-refractivity contribution in [2.75, 3.05) is 18.0 Å². The average molecular weight is 370 g/mol. The van der Waals surface area contributed by atoms with E-state index in [9.17, 15) is 4.79 Å². The van der Waals surface area contributed by atoms with Crippen LogP contribution < -0.4 is 10.2 Å². The quantitative estimate of drug-likeness (QED) is 0.864.